The normalized spacial score (nSPS) is 10.5. The van der Waals surface area contributed by atoms with Crippen molar-refractivity contribution in [3.63, 3.8) is 0 Å². The number of anilines is 1. The summed E-state index contributed by atoms with van der Waals surface area (Å²) in [5, 5.41) is 0.883. The number of rotatable bonds is 2. The Morgan fingerprint density at radius 1 is 1.00 bits per heavy atom. The van der Waals surface area contributed by atoms with E-state index < -0.39 is 0 Å². The second kappa shape index (κ2) is 4.80. The molecule has 1 aromatic carbocycles. The number of hydrogen-bond donors (Lipinski definition) is 1. The molecule has 0 unspecified atom stereocenters. The molecule has 0 atom stereocenters. The summed E-state index contributed by atoms with van der Waals surface area (Å²) in [6.07, 6.45) is 1.80. The third-order valence-electron chi connectivity index (χ3n) is 2.86. The van der Waals surface area contributed by atoms with Gasteiger partial charge in [0, 0.05) is 11.1 Å². The van der Waals surface area contributed by atoms with Gasteiger partial charge in [-0.05, 0) is 55.7 Å². The molecule has 2 rings (SSSR count). The van der Waals surface area contributed by atoms with Crippen molar-refractivity contribution >= 4 is 17.4 Å². The molecule has 0 amide bonds. The molecule has 0 radical (unpaired) electrons. The number of nitrogens with two attached hydrogens (primary N) is 1. The Morgan fingerprint density at radius 2 is 1.76 bits per heavy atom. The Kier molecular flexibility index (Phi) is 3.38. The van der Waals surface area contributed by atoms with Gasteiger partial charge in [-0.3, -0.25) is 0 Å². The van der Waals surface area contributed by atoms with Gasteiger partial charge in [-0.2, -0.15) is 0 Å². The number of nitrogens with zero attached hydrogens (tertiary/aromatic N) is 1. The first-order chi connectivity index (χ1) is 8.08. The third-order valence-corrected chi connectivity index (χ3v) is 3.87. The quantitative estimate of drug-likeness (QED) is 0.874. The van der Waals surface area contributed by atoms with Crippen molar-refractivity contribution in [2.24, 2.45) is 0 Å². The average Bonchev–Trinajstić information content (AvgIpc) is 2.30. The van der Waals surface area contributed by atoms with E-state index in [-0.39, 0.29) is 0 Å². The van der Waals surface area contributed by atoms with Gasteiger partial charge in [0.25, 0.3) is 0 Å². The van der Waals surface area contributed by atoms with Gasteiger partial charge in [-0.15, -0.1) is 0 Å². The first-order valence-electron chi connectivity index (χ1n) is 5.54. The zero-order chi connectivity index (χ0) is 12.4. The van der Waals surface area contributed by atoms with Crippen LogP contribution in [0.4, 0.5) is 5.69 Å². The van der Waals surface area contributed by atoms with Crippen LogP contribution in [0.3, 0.4) is 0 Å². The van der Waals surface area contributed by atoms with Crippen LogP contribution >= 0.6 is 11.8 Å². The number of aromatic nitrogens is 1. The predicted octanol–water partition coefficient (Wildman–Crippen LogP) is 3.74. The molecule has 3 heteroatoms. The maximum absolute atomic E-state index is 6.02. The predicted molar refractivity (Wildman–Crippen MR) is 73.4 cm³/mol. The molecule has 2 nitrogen and oxygen atoms in total. The summed E-state index contributed by atoms with van der Waals surface area (Å²) >= 11 is 1.62. The molecule has 0 aliphatic heterocycles. The van der Waals surface area contributed by atoms with E-state index >= 15 is 0 Å². The molecule has 17 heavy (non-hydrogen) atoms. The fraction of sp³-hybridized carbons (Fsp3) is 0.214. The molecule has 0 aliphatic rings. The topological polar surface area (TPSA) is 38.9 Å². The zero-order valence-electron chi connectivity index (χ0n) is 10.3. The van der Waals surface area contributed by atoms with E-state index in [1.165, 1.54) is 16.0 Å². The molecule has 1 aromatic heterocycles. The van der Waals surface area contributed by atoms with Gasteiger partial charge < -0.3 is 5.73 Å². The Morgan fingerprint density at radius 3 is 2.47 bits per heavy atom. The first kappa shape index (κ1) is 12.0. The van der Waals surface area contributed by atoms with Crippen molar-refractivity contribution in [2.75, 3.05) is 5.73 Å². The van der Waals surface area contributed by atoms with Crippen LogP contribution in [0, 0.1) is 20.8 Å². The molecule has 0 spiro atoms. The molecular formula is C14H16N2S. The molecule has 2 aromatic rings. The molecule has 0 saturated heterocycles. The van der Waals surface area contributed by atoms with E-state index in [0.29, 0.717) is 0 Å². The first-order valence-corrected chi connectivity index (χ1v) is 6.36. The van der Waals surface area contributed by atoms with Crippen LogP contribution in [0.25, 0.3) is 0 Å². The lowest BCUT2D eigenvalue weighted by atomic mass is 10.1. The Balaban J connectivity index is 2.31. The van der Waals surface area contributed by atoms with Crippen molar-refractivity contribution in [1.82, 2.24) is 4.98 Å². The second-order valence-corrected chi connectivity index (χ2v) is 5.26. The van der Waals surface area contributed by atoms with E-state index in [2.05, 4.69) is 37.0 Å². The minimum atomic E-state index is 0.774. The summed E-state index contributed by atoms with van der Waals surface area (Å²) in [6, 6.07) is 8.34. The van der Waals surface area contributed by atoms with Crippen LogP contribution in [-0.2, 0) is 0 Å². The Labute approximate surface area is 106 Å². The Hall–Kier alpha value is -1.48. The van der Waals surface area contributed by atoms with Gasteiger partial charge in [-0.25, -0.2) is 4.98 Å². The fourth-order valence-electron chi connectivity index (χ4n) is 1.52. The molecule has 0 aliphatic carbocycles. The summed E-state index contributed by atoms with van der Waals surface area (Å²) in [6.45, 7) is 6.23. The summed E-state index contributed by atoms with van der Waals surface area (Å²) in [4.78, 5) is 5.50. The maximum Gasteiger partial charge on any atom is 0.124 e. The van der Waals surface area contributed by atoms with E-state index in [4.69, 9.17) is 5.73 Å². The molecule has 0 bridgehead atoms. The summed E-state index contributed by atoms with van der Waals surface area (Å²) in [5.41, 5.74) is 10.5. The standard InChI is InChI=1S/C14H16N2S/c1-9-4-5-12(8-11(9)3)17-14-13(15)10(2)6-7-16-14/h4-8H,15H2,1-3H3. The van der Waals surface area contributed by atoms with Crippen molar-refractivity contribution in [1.29, 1.82) is 0 Å². The summed E-state index contributed by atoms with van der Waals surface area (Å²) < 4.78 is 0. The van der Waals surface area contributed by atoms with Crippen LogP contribution < -0.4 is 5.73 Å². The average molecular weight is 244 g/mol. The monoisotopic (exact) mass is 244 g/mol. The van der Waals surface area contributed by atoms with E-state index in [1.54, 1.807) is 18.0 Å². The number of nitrogen functional groups attached to an aromatic ring is 1. The van der Waals surface area contributed by atoms with Gasteiger partial charge in [0.15, 0.2) is 0 Å². The highest BCUT2D eigenvalue weighted by molar-refractivity contribution is 7.99. The lowest BCUT2D eigenvalue weighted by Crippen LogP contribution is -1.94. The fourth-order valence-corrected chi connectivity index (χ4v) is 2.49. The lowest BCUT2D eigenvalue weighted by Gasteiger charge is -2.08. The SMILES string of the molecule is Cc1ccc(Sc2nccc(C)c2N)cc1C. The van der Waals surface area contributed by atoms with Gasteiger partial charge in [0.1, 0.15) is 5.03 Å². The maximum atomic E-state index is 6.02. The van der Waals surface area contributed by atoms with Gasteiger partial charge in [-0.1, -0.05) is 17.8 Å². The van der Waals surface area contributed by atoms with Crippen molar-refractivity contribution < 1.29 is 0 Å². The number of pyridine rings is 1. The van der Waals surface area contributed by atoms with Gasteiger partial charge in [0.05, 0.1) is 5.69 Å². The number of hydrogen-bond acceptors (Lipinski definition) is 3. The van der Waals surface area contributed by atoms with Gasteiger partial charge in [0.2, 0.25) is 0 Å². The highest BCUT2D eigenvalue weighted by atomic mass is 32.2. The van der Waals surface area contributed by atoms with Gasteiger partial charge >= 0.3 is 0 Å². The highest BCUT2D eigenvalue weighted by Crippen LogP contribution is 2.32. The van der Waals surface area contributed by atoms with Crippen molar-refractivity contribution in [3.8, 4) is 0 Å². The molecule has 1 heterocycles. The van der Waals surface area contributed by atoms with E-state index in [1.807, 2.05) is 13.0 Å². The molecule has 2 N–H and O–H groups in total. The van der Waals surface area contributed by atoms with Crippen LogP contribution in [0.1, 0.15) is 16.7 Å². The highest BCUT2D eigenvalue weighted by Gasteiger charge is 2.06. The van der Waals surface area contributed by atoms with Crippen molar-refractivity contribution in [3.05, 3.63) is 47.2 Å². The molecule has 0 fully saturated rings. The third kappa shape index (κ3) is 2.61. The summed E-state index contributed by atoms with van der Waals surface area (Å²) in [7, 11) is 0. The van der Waals surface area contributed by atoms with Crippen LogP contribution in [0.15, 0.2) is 40.4 Å². The minimum absolute atomic E-state index is 0.774. The smallest absolute Gasteiger partial charge is 0.124 e. The van der Waals surface area contributed by atoms with Crippen molar-refractivity contribution in [2.45, 2.75) is 30.7 Å². The van der Waals surface area contributed by atoms with E-state index in [0.717, 1.165) is 16.3 Å². The zero-order valence-corrected chi connectivity index (χ0v) is 11.1. The van der Waals surface area contributed by atoms with Crippen LogP contribution in [0.2, 0.25) is 0 Å². The molecular weight excluding hydrogens is 228 g/mol. The number of aryl methyl sites for hydroxylation is 3. The Bertz CT molecular complexity index is 550. The van der Waals surface area contributed by atoms with Crippen LogP contribution in [-0.4, -0.2) is 4.98 Å². The molecule has 0 saturated carbocycles. The lowest BCUT2D eigenvalue weighted by molar-refractivity contribution is 1.12. The summed E-state index contributed by atoms with van der Waals surface area (Å²) in [5.74, 6) is 0. The van der Waals surface area contributed by atoms with Crippen LogP contribution in [0.5, 0.6) is 0 Å². The molecule has 88 valence electrons. The second-order valence-electron chi connectivity index (χ2n) is 4.19. The largest absolute Gasteiger partial charge is 0.396 e. The minimum Gasteiger partial charge on any atom is -0.396 e. The van der Waals surface area contributed by atoms with E-state index in [9.17, 15) is 0 Å². The number of benzene rings is 1.